The molecule has 4 heteroatoms. The van der Waals surface area contributed by atoms with Gasteiger partial charge in [0.15, 0.2) is 0 Å². The molecule has 0 aliphatic heterocycles. The summed E-state index contributed by atoms with van der Waals surface area (Å²) in [5, 5.41) is 0.637. The third-order valence-electron chi connectivity index (χ3n) is 1.45. The predicted octanol–water partition coefficient (Wildman–Crippen LogP) is 1.26. The molecule has 3 nitrogen and oxygen atoms in total. The smallest absolute Gasteiger partial charge is 0.0769 e. The number of nitrogens with one attached hydrogen (secondary N) is 1. The number of nitrogens with two attached hydrogens (primary N) is 1. The molecule has 0 bridgehead atoms. The van der Waals surface area contributed by atoms with Crippen LogP contribution in [0.2, 0.25) is 5.02 Å². The van der Waals surface area contributed by atoms with Crippen molar-refractivity contribution < 1.29 is 0 Å². The molecule has 1 aromatic rings. The van der Waals surface area contributed by atoms with Gasteiger partial charge in [0.1, 0.15) is 0 Å². The Morgan fingerprint density at radius 2 is 2.45 bits per heavy atom. The van der Waals surface area contributed by atoms with Crippen molar-refractivity contribution >= 4 is 11.6 Å². The van der Waals surface area contributed by atoms with Gasteiger partial charge in [0.25, 0.3) is 0 Å². The normalized spacial score (nSPS) is 13.0. The van der Waals surface area contributed by atoms with Crippen molar-refractivity contribution in [3.8, 4) is 0 Å². The van der Waals surface area contributed by atoms with Crippen molar-refractivity contribution in [1.82, 2.24) is 10.4 Å². The van der Waals surface area contributed by atoms with Gasteiger partial charge in [-0.2, -0.15) is 0 Å². The van der Waals surface area contributed by atoms with E-state index in [0.717, 1.165) is 5.69 Å². The van der Waals surface area contributed by atoms with Gasteiger partial charge in [-0.05, 0) is 19.1 Å². The number of halogens is 1. The van der Waals surface area contributed by atoms with Crippen LogP contribution in [0.15, 0.2) is 18.3 Å². The van der Waals surface area contributed by atoms with Crippen molar-refractivity contribution in [2.24, 2.45) is 5.84 Å². The molecule has 1 unspecified atom stereocenters. The van der Waals surface area contributed by atoms with Gasteiger partial charge in [0, 0.05) is 6.20 Å². The Hall–Kier alpha value is -0.640. The number of pyridine rings is 1. The predicted molar refractivity (Wildman–Crippen MR) is 45.0 cm³/mol. The van der Waals surface area contributed by atoms with Crippen molar-refractivity contribution in [2.45, 2.75) is 13.0 Å². The molecule has 1 rings (SSSR count). The Morgan fingerprint density at radius 1 is 1.73 bits per heavy atom. The van der Waals surface area contributed by atoms with Gasteiger partial charge in [0.2, 0.25) is 0 Å². The summed E-state index contributed by atoms with van der Waals surface area (Å²) in [5.74, 6) is 5.22. The summed E-state index contributed by atoms with van der Waals surface area (Å²) >= 11 is 5.84. The highest BCUT2D eigenvalue weighted by Gasteiger charge is 2.07. The quantitative estimate of drug-likeness (QED) is 0.521. The van der Waals surface area contributed by atoms with Gasteiger partial charge in [-0.25, -0.2) is 0 Å². The molecule has 11 heavy (non-hydrogen) atoms. The molecule has 0 aliphatic rings. The van der Waals surface area contributed by atoms with Crippen molar-refractivity contribution in [3.63, 3.8) is 0 Å². The SMILES string of the molecule is CC(NN)c1ncccc1Cl. The molecule has 1 atom stereocenters. The molecular formula is C7H10ClN3. The first-order chi connectivity index (χ1) is 5.25. The maximum atomic E-state index is 5.84. The summed E-state index contributed by atoms with van der Waals surface area (Å²) in [6.45, 7) is 1.90. The Kier molecular flexibility index (Phi) is 2.82. The minimum atomic E-state index is -0.0105. The highest BCUT2D eigenvalue weighted by molar-refractivity contribution is 6.31. The number of hydrazine groups is 1. The van der Waals surface area contributed by atoms with Gasteiger partial charge >= 0.3 is 0 Å². The monoisotopic (exact) mass is 171 g/mol. The van der Waals surface area contributed by atoms with Gasteiger partial charge in [0.05, 0.1) is 16.8 Å². The minimum absolute atomic E-state index is 0.0105. The second kappa shape index (κ2) is 3.67. The van der Waals surface area contributed by atoms with Crippen LogP contribution in [-0.4, -0.2) is 4.98 Å². The van der Waals surface area contributed by atoms with Gasteiger partial charge in [-0.15, -0.1) is 0 Å². The fraction of sp³-hybridized carbons (Fsp3) is 0.286. The lowest BCUT2D eigenvalue weighted by Crippen LogP contribution is -2.26. The number of rotatable bonds is 2. The Bertz CT molecular complexity index is 239. The summed E-state index contributed by atoms with van der Waals surface area (Å²) in [4.78, 5) is 4.07. The number of hydrogen-bond acceptors (Lipinski definition) is 3. The van der Waals surface area contributed by atoms with Gasteiger partial charge < -0.3 is 0 Å². The molecule has 1 aromatic heterocycles. The summed E-state index contributed by atoms with van der Waals surface area (Å²) in [7, 11) is 0. The lowest BCUT2D eigenvalue weighted by Gasteiger charge is -2.09. The van der Waals surface area contributed by atoms with Crippen molar-refractivity contribution in [3.05, 3.63) is 29.0 Å². The van der Waals surface area contributed by atoms with Gasteiger partial charge in [-0.3, -0.25) is 16.3 Å². The van der Waals surface area contributed by atoms with E-state index in [1.807, 2.05) is 6.92 Å². The van der Waals surface area contributed by atoms with Crippen LogP contribution in [0, 0.1) is 0 Å². The third kappa shape index (κ3) is 1.89. The number of nitrogens with zero attached hydrogens (tertiary/aromatic N) is 1. The molecule has 3 N–H and O–H groups in total. The van der Waals surface area contributed by atoms with Crippen LogP contribution in [0.4, 0.5) is 0 Å². The standard InChI is InChI=1S/C7H10ClN3/c1-5(11-9)7-6(8)3-2-4-10-7/h2-5,11H,9H2,1H3. The van der Waals surface area contributed by atoms with Crippen LogP contribution in [0.1, 0.15) is 18.7 Å². The van der Waals surface area contributed by atoms with Gasteiger partial charge in [-0.1, -0.05) is 11.6 Å². The molecule has 0 radical (unpaired) electrons. The van der Waals surface area contributed by atoms with E-state index in [4.69, 9.17) is 17.4 Å². The zero-order chi connectivity index (χ0) is 8.27. The van der Waals surface area contributed by atoms with Crippen LogP contribution in [0.5, 0.6) is 0 Å². The molecule has 60 valence electrons. The second-order valence-electron chi connectivity index (χ2n) is 2.26. The zero-order valence-electron chi connectivity index (χ0n) is 6.21. The zero-order valence-corrected chi connectivity index (χ0v) is 6.97. The first-order valence-corrected chi connectivity index (χ1v) is 3.70. The fourth-order valence-electron chi connectivity index (χ4n) is 0.795. The van der Waals surface area contributed by atoms with Crippen LogP contribution < -0.4 is 11.3 Å². The van der Waals surface area contributed by atoms with Crippen molar-refractivity contribution in [2.75, 3.05) is 0 Å². The molecule has 0 amide bonds. The van der Waals surface area contributed by atoms with E-state index < -0.39 is 0 Å². The van der Waals surface area contributed by atoms with E-state index in [1.165, 1.54) is 0 Å². The van der Waals surface area contributed by atoms with Crippen molar-refractivity contribution in [1.29, 1.82) is 0 Å². The van der Waals surface area contributed by atoms with E-state index in [0.29, 0.717) is 5.02 Å². The molecule has 0 aromatic carbocycles. The van der Waals surface area contributed by atoms with E-state index in [9.17, 15) is 0 Å². The summed E-state index contributed by atoms with van der Waals surface area (Å²) in [6, 6.07) is 3.57. The molecule has 0 aliphatic carbocycles. The largest absolute Gasteiger partial charge is 0.271 e. The van der Waals surface area contributed by atoms with Crippen LogP contribution in [0.25, 0.3) is 0 Å². The maximum Gasteiger partial charge on any atom is 0.0769 e. The van der Waals surface area contributed by atoms with Crippen LogP contribution in [0.3, 0.4) is 0 Å². The molecule has 0 saturated heterocycles. The third-order valence-corrected chi connectivity index (χ3v) is 1.77. The fourth-order valence-corrected chi connectivity index (χ4v) is 1.08. The van der Waals surface area contributed by atoms with E-state index in [-0.39, 0.29) is 6.04 Å². The van der Waals surface area contributed by atoms with E-state index in [2.05, 4.69) is 10.4 Å². The minimum Gasteiger partial charge on any atom is -0.271 e. The lowest BCUT2D eigenvalue weighted by molar-refractivity contribution is 0.587. The Labute approximate surface area is 70.5 Å². The van der Waals surface area contributed by atoms with E-state index in [1.54, 1.807) is 18.3 Å². The Morgan fingerprint density at radius 3 is 3.00 bits per heavy atom. The first-order valence-electron chi connectivity index (χ1n) is 3.32. The van der Waals surface area contributed by atoms with E-state index >= 15 is 0 Å². The lowest BCUT2D eigenvalue weighted by atomic mass is 10.2. The molecule has 0 spiro atoms. The van der Waals surface area contributed by atoms with Crippen LogP contribution >= 0.6 is 11.6 Å². The maximum absolute atomic E-state index is 5.84. The number of hydrogen-bond donors (Lipinski definition) is 2. The Balaban J connectivity index is 2.93. The molecule has 0 fully saturated rings. The number of aromatic nitrogens is 1. The molecule has 0 saturated carbocycles. The highest BCUT2D eigenvalue weighted by Crippen LogP contribution is 2.18. The molecule has 1 heterocycles. The summed E-state index contributed by atoms with van der Waals surface area (Å²) < 4.78 is 0. The highest BCUT2D eigenvalue weighted by atomic mass is 35.5. The summed E-state index contributed by atoms with van der Waals surface area (Å²) in [5.41, 5.74) is 3.35. The van der Waals surface area contributed by atoms with Crippen LogP contribution in [-0.2, 0) is 0 Å². The average Bonchev–Trinajstić information content (AvgIpc) is 2.04. The topological polar surface area (TPSA) is 50.9 Å². The second-order valence-corrected chi connectivity index (χ2v) is 2.67. The molecular weight excluding hydrogens is 162 g/mol. The first kappa shape index (κ1) is 8.46. The average molecular weight is 172 g/mol. The summed E-state index contributed by atoms with van der Waals surface area (Å²) in [6.07, 6.45) is 1.69.